The third-order valence-corrected chi connectivity index (χ3v) is 6.38. The molecule has 1 unspecified atom stereocenters. The van der Waals surface area contributed by atoms with Crippen LogP contribution in [0.1, 0.15) is 48.5 Å². The summed E-state index contributed by atoms with van der Waals surface area (Å²) < 4.78 is 6.53. The fourth-order valence-corrected chi connectivity index (χ4v) is 4.65. The maximum Gasteiger partial charge on any atom is 0.222 e. The highest BCUT2D eigenvalue weighted by molar-refractivity contribution is 5.75. The molecule has 1 fully saturated rings. The minimum atomic E-state index is 0.123. The molecule has 1 N–H and O–H groups in total. The standard InChI is InChI=1S/C25H34N4O2/c1-28(2)24(30)9-8-22-25-21(13-17-29(22)18-19-6-4-3-5-7-19)27-16-12-23(25)31-20-10-14-26-15-11-20/h3-7,12,16,20,22,26H,8-11,13-15,17-18H2,1-2H3. The van der Waals surface area contributed by atoms with E-state index in [-0.39, 0.29) is 18.1 Å². The Morgan fingerprint density at radius 3 is 2.71 bits per heavy atom. The molecule has 0 bridgehead atoms. The summed E-state index contributed by atoms with van der Waals surface area (Å²) in [4.78, 5) is 21.3. The highest BCUT2D eigenvalue weighted by Crippen LogP contribution is 2.39. The van der Waals surface area contributed by atoms with Crippen molar-refractivity contribution >= 4 is 5.91 Å². The van der Waals surface area contributed by atoms with Gasteiger partial charge in [0.05, 0.1) is 5.69 Å². The summed E-state index contributed by atoms with van der Waals surface area (Å²) in [6.07, 6.45) is 6.35. The van der Waals surface area contributed by atoms with Crippen molar-refractivity contribution in [1.29, 1.82) is 0 Å². The van der Waals surface area contributed by atoms with E-state index in [0.29, 0.717) is 6.42 Å². The lowest BCUT2D eigenvalue weighted by molar-refractivity contribution is -0.129. The van der Waals surface area contributed by atoms with E-state index >= 15 is 0 Å². The van der Waals surface area contributed by atoms with Gasteiger partial charge in [0.2, 0.25) is 5.91 Å². The van der Waals surface area contributed by atoms with Gasteiger partial charge in [0.25, 0.3) is 0 Å². The first kappa shape index (κ1) is 21.8. The summed E-state index contributed by atoms with van der Waals surface area (Å²) >= 11 is 0. The molecule has 2 aliphatic heterocycles. The minimum Gasteiger partial charge on any atom is -0.490 e. The Morgan fingerprint density at radius 2 is 1.97 bits per heavy atom. The molecule has 2 aliphatic rings. The number of amides is 1. The van der Waals surface area contributed by atoms with Crippen molar-refractivity contribution in [2.45, 2.75) is 50.8 Å². The second-order valence-electron chi connectivity index (χ2n) is 8.79. The molecule has 1 atom stereocenters. The van der Waals surface area contributed by atoms with Crippen LogP contribution in [0.2, 0.25) is 0 Å². The Kier molecular flexibility index (Phi) is 7.20. The van der Waals surface area contributed by atoms with Crippen molar-refractivity contribution in [3.05, 3.63) is 59.4 Å². The number of nitrogens with zero attached hydrogens (tertiary/aromatic N) is 3. The normalized spacial score (nSPS) is 19.6. The van der Waals surface area contributed by atoms with Crippen LogP contribution in [0.5, 0.6) is 5.75 Å². The third-order valence-electron chi connectivity index (χ3n) is 6.38. The van der Waals surface area contributed by atoms with Gasteiger partial charge in [0.1, 0.15) is 11.9 Å². The van der Waals surface area contributed by atoms with Gasteiger partial charge < -0.3 is 15.0 Å². The number of pyridine rings is 1. The van der Waals surface area contributed by atoms with Gasteiger partial charge >= 0.3 is 0 Å². The SMILES string of the molecule is CN(C)C(=O)CCC1c2c(OC3CCNCC3)ccnc2CCN1Cc1ccccc1. The summed E-state index contributed by atoms with van der Waals surface area (Å²) in [5.41, 5.74) is 3.60. The number of fused-ring (bicyclic) bond motifs is 1. The second-order valence-corrected chi connectivity index (χ2v) is 8.79. The second kappa shape index (κ2) is 10.2. The summed E-state index contributed by atoms with van der Waals surface area (Å²) in [7, 11) is 3.65. The average Bonchev–Trinajstić information content (AvgIpc) is 2.79. The Balaban J connectivity index is 1.62. The van der Waals surface area contributed by atoms with Crippen LogP contribution < -0.4 is 10.1 Å². The predicted octanol–water partition coefficient (Wildman–Crippen LogP) is 3.18. The molecule has 3 heterocycles. The topological polar surface area (TPSA) is 57.7 Å². The molecule has 1 saturated heterocycles. The fourth-order valence-electron chi connectivity index (χ4n) is 4.65. The number of nitrogens with one attached hydrogen (secondary N) is 1. The van der Waals surface area contributed by atoms with Crippen LogP contribution >= 0.6 is 0 Å². The Morgan fingerprint density at radius 1 is 1.19 bits per heavy atom. The van der Waals surface area contributed by atoms with Crippen LogP contribution in [-0.4, -0.2) is 60.5 Å². The van der Waals surface area contributed by atoms with Crippen LogP contribution in [0.15, 0.2) is 42.6 Å². The maximum absolute atomic E-state index is 12.4. The summed E-state index contributed by atoms with van der Waals surface area (Å²) in [5.74, 6) is 1.12. The molecule has 1 amide bonds. The van der Waals surface area contributed by atoms with Crippen molar-refractivity contribution in [2.24, 2.45) is 0 Å². The van der Waals surface area contributed by atoms with Gasteiger partial charge in [0.15, 0.2) is 0 Å². The van der Waals surface area contributed by atoms with Crippen LogP contribution in [0.3, 0.4) is 0 Å². The predicted molar refractivity (Wildman–Crippen MR) is 122 cm³/mol. The summed E-state index contributed by atoms with van der Waals surface area (Å²) in [6.45, 7) is 3.80. The third kappa shape index (κ3) is 5.43. The van der Waals surface area contributed by atoms with E-state index in [1.807, 2.05) is 26.4 Å². The van der Waals surface area contributed by atoms with Crippen molar-refractivity contribution in [2.75, 3.05) is 33.7 Å². The molecule has 0 aliphatic carbocycles. The van der Waals surface area contributed by atoms with E-state index in [4.69, 9.17) is 9.72 Å². The monoisotopic (exact) mass is 422 g/mol. The molecule has 4 rings (SSSR count). The molecular formula is C25H34N4O2. The molecule has 1 aromatic carbocycles. The molecule has 6 heteroatoms. The zero-order chi connectivity index (χ0) is 21.6. The molecule has 1 aromatic heterocycles. The molecule has 0 spiro atoms. The molecule has 0 radical (unpaired) electrons. The van der Waals surface area contributed by atoms with Gasteiger partial charge in [-0.3, -0.25) is 14.7 Å². The molecule has 166 valence electrons. The lowest BCUT2D eigenvalue weighted by atomic mass is 9.91. The van der Waals surface area contributed by atoms with Crippen molar-refractivity contribution < 1.29 is 9.53 Å². The summed E-state index contributed by atoms with van der Waals surface area (Å²) in [5, 5.41) is 3.41. The molecule has 2 aromatic rings. The van der Waals surface area contributed by atoms with E-state index in [0.717, 1.165) is 63.3 Å². The number of carbonyl (C=O) groups excluding carboxylic acids is 1. The number of aromatic nitrogens is 1. The van der Waals surface area contributed by atoms with Crippen molar-refractivity contribution in [1.82, 2.24) is 20.1 Å². The van der Waals surface area contributed by atoms with Gasteiger partial charge in [-0.05, 0) is 44.0 Å². The lowest BCUT2D eigenvalue weighted by Crippen LogP contribution is -2.38. The number of piperidine rings is 1. The Labute approximate surface area is 185 Å². The average molecular weight is 423 g/mol. The fraction of sp³-hybridized carbons (Fsp3) is 0.520. The van der Waals surface area contributed by atoms with E-state index in [1.165, 1.54) is 11.1 Å². The number of hydrogen-bond acceptors (Lipinski definition) is 5. The lowest BCUT2D eigenvalue weighted by Gasteiger charge is -2.38. The van der Waals surface area contributed by atoms with Crippen molar-refractivity contribution in [3.8, 4) is 5.75 Å². The van der Waals surface area contributed by atoms with Gasteiger partial charge in [-0.25, -0.2) is 0 Å². The number of benzene rings is 1. The van der Waals surface area contributed by atoms with E-state index in [9.17, 15) is 4.79 Å². The van der Waals surface area contributed by atoms with Crippen LogP contribution in [0.4, 0.5) is 0 Å². The first-order valence-electron chi connectivity index (χ1n) is 11.4. The van der Waals surface area contributed by atoms with E-state index in [2.05, 4.69) is 40.5 Å². The molecule has 0 saturated carbocycles. The maximum atomic E-state index is 12.4. The number of hydrogen-bond donors (Lipinski definition) is 1. The van der Waals surface area contributed by atoms with Crippen molar-refractivity contribution in [3.63, 3.8) is 0 Å². The van der Waals surface area contributed by atoms with Crippen LogP contribution in [-0.2, 0) is 17.8 Å². The highest BCUT2D eigenvalue weighted by Gasteiger charge is 2.32. The summed E-state index contributed by atoms with van der Waals surface area (Å²) in [6, 6.07) is 12.7. The molecule has 6 nitrogen and oxygen atoms in total. The first-order valence-corrected chi connectivity index (χ1v) is 11.4. The smallest absolute Gasteiger partial charge is 0.222 e. The molecule has 31 heavy (non-hydrogen) atoms. The van der Waals surface area contributed by atoms with Crippen LogP contribution in [0, 0.1) is 0 Å². The molecular weight excluding hydrogens is 388 g/mol. The van der Waals surface area contributed by atoms with Gasteiger partial charge in [-0.2, -0.15) is 0 Å². The number of carbonyl (C=O) groups is 1. The Hall–Kier alpha value is -2.44. The zero-order valence-corrected chi connectivity index (χ0v) is 18.7. The Bertz CT molecular complexity index is 865. The van der Waals surface area contributed by atoms with Crippen LogP contribution in [0.25, 0.3) is 0 Å². The van der Waals surface area contributed by atoms with E-state index < -0.39 is 0 Å². The quantitative estimate of drug-likeness (QED) is 0.743. The first-order chi connectivity index (χ1) is 15.1. The van der Waals surface area contributed by atoms with Gasteiger partial charge in [-0.15, -0.1) is 0 Å². The highest BCUT2D eigenvalue weighted by atomic mass is 16.5. The minimum absolute atomic E-state index is 0.123. The van der Waals surface area contributed by atoms with E-state index in [1.54, 1.807) is 4.90 Å². The zero-order valence-electron chi connectivity index (χ0n) is 18.7. The number of ether oxygens (including phenoxy) is 1. The number of rotatable bonds is 7. The largest absolute Gasteiger partial charge is 0.490 e. The van der Waals surface area contributed by atoms with Gasteiger partial charge in [0, 0.05) is 57.8 Å². The van der Waals surface area contributed by atoms with Gasteiger partial charge in [-0.1, -0.05) is 30.3 Å².